The summed E-state index contributed by atoms with van der Waals surface area (Å²) in [4.78, 5) is 25.9. The average molecular weight is 376 g/mol. The summed E-state index contributed by atoms with van der Waals surface area (Å²) in [5, 5.41) is 30.8. The predicted molar refractivity (Wildman–Crippen MR) is 105 cm³/mol. The number of carbonyl (C=O) groups is 2. The van der Waals surface area contributed by atoms with Crippen LogP contribution in [-0.4, -0.2) is 26.9 Å². The summed E-state index contributed by atoms with van der Waals surface area (Å²) >= 11 is 0. The van der Waals surface area contributed by atoms with Gasteiger partial charge in [0.15, 0.2) is 0 Å². The van der Waals surface area contributed by atoms with Gasteiger partial charge in [-0.2, -0.15) is 0 Å². The highest BCUT2D eigenvalue weighted by Gasteiger charge is 2.24. The number of phenols is 3. The molecule has 0 amide bonds. The SMILES string of the molecule is Cc1ccc(O)c(C(=O)c2cc(C)cc(C(=O)c3cc(C)ccc3O)c2O)c1. The number of hydrogen-bond acceptors (Lipinski definition) is 5. The fourth-order valence-electron chi connectivity index (χ4n) is 3.08. The van der Waals surface area contributed by atoms with Crippen LogP contribution in [0.1, 0.15) is 48.5 Å². The molecule has 3 rings (SSSR count). The number of aromatic hydroxyl groups is 3. The van der Waals surface area contributed by atoms with Crippen molar-refractivity contribution in [1.29, 1.82) is 0 Å². The number of phenolic OH excluding ortho intramolecular Hbond substituents is 3. The number of benzene rings is 3. The van der Waals surface area contributed by atoms with Crippen molar-refractivity contribution in [2.24, 2.45) is 0 Å². The van der Waals surface area contributed by atoms with Crippen LogP contribution in [0.2, 0.25) is 0 Å². The molecule has 0 atom stereocenters. The molecule has 0 unspecified atom stereocenters. The molecule has 0 bridgehead atoms. The molecule has 0 spiro atoms. The first-order valence-electron chi connectivity index (χ1n) is 8.71. The molecule has 0 heterocycles. The van der Waals surface area contributed by atoms with E-state index in [4.69, 9.17) is 0 Å². The molecular weight excluding hydrogens is 356 g/mol. The van der Waals surface area contributed by atoms with Crippen LogP contribution in [0.25, 0.3) is 0 Å². The molecule has 0 radical (unpaired) electrons. The van der Waals surface area contributed by atoms with Crippen molar-refractivity contribution in [1.82, 2.24) is 0 Å². The Labute approximate surface area is 162 Å². The smallest absolute Gasteiger partial charge is 0.200 e. The van der Waals surface area contributed by atoms with Crippen LogP contribution >= 0.6 is 0 Å². The number of carbonyl (C=O) groups excluding carboxylic acids is 2. The van der Waals surface area contributed by atoms with Crippen LogP contribution in [0.3, 0.4) is 0 Å². The highest BCUT2D eigenvalue weighted by Crippen LogP contribution is 2.33. The number of aryl methyl sites for hydroxylation is 3. The molecule has 5 nitrogen and oxygen atoms in total. The predicted octanol–water partition coefficient (Wildman–Crippen LogP) is 4.19. The van der Waals surface area contributed by atoms with Gasteiger partial charge in [0.2, 0.25) is 11.6 Å². The van der Waals surface area contributed by atoms with Crippen molar-refractivity contribution in [3.63, 3.8) is 0 Å². The third-order valence-electron chi connectivity index (χ3n) is 4.54. The number of ketones is 2. The van der Waals surface area contributed by atoms with Crippen LogP contribution in [-0.2, 0) is 0 Å². The Morgan fingerprint density at radius 3 is 1.32 bits per heavy atom. The first-order chi connectivity index (χ1) is 13.2. The van der Waals surface area contributed by atoms with Crippen LogP contribution in [0.5, 0.6) is 17.2 Å². The second kappa shape index (κ2) is 7.19. The Bertz CT molecular complexity index is 1030. The van der Waals surface area contributed by atoms with Crippen LogP contribution in [0.15, 0.2) is 48.5 Å². The minimum absolute atomic E-state index is 0.0395. The van der Waals surface area contributed by atoms with Crippen LogP contribution < -0.4 is 0 Å². The van der Waals surface area contributed by atoms with Gasteiger partial charge in [0.25, 0.3) is 0 Å². The summed E-state index contributed by atoms with van der Waals surface area (Å²) in [5.74, 6) is -2.08. The minimum Gasteiger partial charge on any atom is -0.507 e. The Morgan fingerprint density at radius 1 is 0.571 bits per heavy atom. The molecule has 0 saturated heterocycles. The lowest BCUT2D eigenvalue weighted by atomic mass is 9.92. The van der Waals surface area contributed by atoms with Crippen LogP contribution in [0, 0.1) is 20.8 Å². The molecule has 28 heavy (non-hydrogen) atoms. The van der Waals surface area contributed by atoms with Crippen molar-refractivity contribution in [2.45, 2.75) is 20.8 Å². The van der Waals surface area contributed by atoms with E-state index in [1.54, 1.807) is 32.9 Å². The van der Waals surface area contributed by atoms with E-state index >= 15 is 0 Å². The van der Waals surface area contributed by atoms with Gasteiger partial charge in [-0.25, -0.2) is 0 Å². The van der Waals surface area contributed by atoms with E-state index < -0.39 is 17.3 Å². The van der Waals surface area contributed by atoms with Gasteiger partial charge in [-0.1, -0.05) is 23.3 Å². The fourth-order valence-corrected chi connectivity index (χ4v) is 3.08. The lowest BCUT2D eigenvalue weighted by Crippen LogP contribution is -2.09. The molecule has 142 valence electrons. The molecule has 0 aliphatic heterocycles. The normalized spacial score (nSPS) is 10.7. The number of rotatable bonds is 4. The van der Waals surface area contributed by atoms with E-state index in [0.29, 0.717) is 5.56 Å². The third kappa shape index (κ3) is 3.47. The standard InChI is InChI=1S/C23H20O5/c1-12-4-6-19(24)15(8-12)21(26)17-10-14(3)11-18(23(17)28)22(27)16-9-13(2)5-7-20(16)25/h4-11,24-25,28H,1-3H3. The molecule has 3 aromatic rings. The highest BCUT2D eigenvalue weighted by atomic mass is 16.3. The van der Waals surface area contributed by atoms with E-state index in [9.17, 15) is 24.9 Å². The zero-order valence-corrected chi connectivity index (χ0v) is 15.8. The van der Waals surface area contributed by atoms with E-state index in [1.807, 2.05) is 0 Å². The van der Waals surface area contributed by atoms with Gasteiger partial charge in [-0.15, -0.1) is 0 Å². The molecule has 5 heteroatoms. The fraction of sp³-hybridized carbons (Fsp3) is 0.130. The molecule has 3 aromatic carbocycles. The maximum absolute atomic E-state index is 12.9. The Balaban J connectivity index is 2.15. The van der Waals surface area contributed by atoms with Crippen molar-refractivity contribution in [2.75, 3.05) is 0 Å². The van der Waals surface area contributed by atoms with Gasteiger partial charge in [0.1, 0.15) is 17.2 Å². The Morgan fingerprint density at radius 2 is 0.929 bits per heavy atom. The van der Waals surface area contributed by atoms with E-state index in [1.165, 1.54) is 36.4 Å². The quantitative estimate of drug-likeness (QED) is 0.594. The molecule has 0 aromatic heterocycles. The van der Waals surface area contributed by atoms with Gasteiger partial charge < -0.3 is 15.3 Å². The summed E-state index contributed by atoms with van der Waals surface area (Å²) < 4.78 is 0. The summed E-state index contributed by atoms with van der Waals surface area (Å²) in [7, 11) is 0. The maximum atomic E-state index is 12.9. The van der Waals surface area contributed by atoms with Gasteiger partial charge in [0, 0.05) is 0 Å². The largest absolute Gasteiger partial charge is 0.507 e. The zero-order valence-electron chi connectivity index (χ0n) is 15.8. The van der Waals surface area contributed by atoms with Gasteiger partial charge in [-0.05, 0) is 62.7 Å². The summed E-state index contributed by atoms with van der Waals surface area (Å²) in [5.41, 5.74) is 2.04. The topological polar surface area (TPSA) is 94.8 Å². The maximum Gasteiger partial charge on any atom is 0.200 e. The van der Waals surface area contributed by atoms with Crippen LogP contribution in [0.4, 0.5) is 0 Å². The highest BCUT2D eigenvalue weighted by molar-refractivity contribution is 6.17. The first kappa shape index (κ1) is 19.2. The second-order valence-corrected chi connectivity index (χ2v) is 6.91. The van der Waals surface area contributed by atoms with Crippen molar-refractivity contribution in [3.8, 4) is 17.2 Å². The van der Waals surface area contributed by atoms with E-state index in [2.05, 4.69) is 0 Å². The van der Waals surface area contributed by atoms with Crippen molar-refractivity contribution < 1.29 is 24.9 Å². The zero-order chi connectivity index (χ0) is 20.6. The van der Waals surface area contributed by atoms with Gasteiger partial charge in [0.05, 0.1) is 22.3 Å². The molecule has 3 N–H and O–H groups in total. The van der Waals surface area contributed by atoms with E-state index in [0.717, 1.165) is 11.1 Å². The molecular formula is C23H20O5. The lowest BCUT2D eigenvalue weighted by Gasteiger charge is -2.12. The van der Waals surface area contributed by atoms with Gasteiger partial charge in [-0.3, -0.25) is 9.59 Å². The van der Waals surface area contributed by atoms with E-state index in [-0.39, 0.29) is 33.8 Å². The Kier molecular flexibility index (Phi) is 4.92. The van der Waals surface area contributed by atoms with Gasteiger partial charge >= 0.3 is 0 Å². The van der Waals surface area contributed by atoms with Crippen molar-refractivity contribution in [3.05, 3.63) is 87.5 Å². The number of hydrogen-bond donors (Lipinski definition) is 3. The lowest BCUT2D eigenvalue weighted by molar-refractivity contribution is 0.103. The Hall–Kier alpha value is -3.60. The minimum atomic E-state index is -0.593. The molecule has 0 fully saturated rings. The second-order valence-electron chi connectivity index (χ2n) is 6.91. The molecule has 0 aliphatic rings. The average Bonchev–Trinajstić information content (AvgIpc) is 2.66. The van der Waals surface area contributed by atoms with Crippen molar-refractivity contribution >= 4 is 11.6 Å². The summed E-state index contributed by atoms with van der Waals surface area (Å²) in [6, 6.07) is 12.1. The summed E-state index contributed by atoms with van der Waals surface area (Å²) in [6.07, 6.45) is 0. The monoisotopic (exact) mass is 376 g/mol. The first-order valence-corrected chi connectivity index (χ1v) is 8.71. The molecule has 0 saturated carbocycles. The third-order valence-corrected chi connectivity index (χ3v) is 4.54. The summed E-state index contributed by atoms with van der Waals surface area (Å²) in [6.45, 7) is 5.25. The molecule has 0 aliphatic carbocycles.